The van der Waals surface area contributed by atoms with Gasteiger partial charge in [0.05, 0.1) is 19.8 Å². The van der Waals surface area contributed by atoms with Crippen molar-refractivity contribution in [2.45, 2.75) is 33.0 Å². The van der Waals surface area contributed by atoms with Crippen LogP contribution in [0.2, 0.25) is 0 Å². The van der Waals surface area contributed by atoms with Crippen molar-refractivity contribution >= 4 is 35.6 Å². The molecule has 0 saturated heterocycles. The predicted octanol–water partition coefficient (Wildman–Crippen LogP) is 4.29. The lowest BCUT2D eigenvalue weighted by Crippen LogP contribution is -2.25. The zero-order valence-electron chi connectivity index (χ0n) is 16.1. The quantitative estimate of drug-likeness (QED) is 0.331. The Hall–Kier alpha value is -2.16. The van der Waals surface area contributed by atoms with Crippen LogP contribution in [0, 0.1) is 0 Å². The zero-order chi connectivity index (χ0) is 18.9. The van der Waals surface area contributed by atoms with Crippen molar-refractivity contribution in [3.8, 4) is 17.2 Å². The number of guanidine groups is 1. The summed E-state index contributed by atoms with van der Waals surface area (Å²) < 4.78 is 16.6. The van der Waals surface area contributed by atoms with E-state index in [2.05, 4.69) is 10.3 Å². The van der Waals surface area contributed by atoms with E-state index in [4.69, 9.17) is 19.9 Å². The van der Waals surface area contributed by atoms with E-state index >= 15 is 0 Å². The molecule has 0 aliphatic heterocycles. The fraction of sp³-hybridized carbons (Fsp3) is 0.350. The SMILES string of the molecule is COc1cccc(OC(C)CN=C(N)Nc2ccc(OC(C)C)cc2)c1.I. The van der Waals surface area contributed by atoms with Crippen LogP contribution in [0.1, 0.15) is 20.8 Å². The van der Waals surface area contributed by atoms with E-state index < -0.39 is 0 Å². The highest BCUT2D eigenvalue weighted by atomic mass is 127. The van der Waals surface area contributed by atoms with Crippen molar-refractivity contribution in [1.29, 1.82) is 0 Å². The summed E-state index contributed by atoms with van der Waals surface area (Å²) >= 11 is 0. The fourth-order valence-corrected chi connectivity index (χ4v) is 2.25. The van der Waals surface area contributed by atoms with Gasteiger partial charge in [-0.05, 0) is 57.2 Å². The van der Waals surface area contributed by atoms with Crippen molar-refractivity contribution in [3.05, 3.63) is 48.5 Å². The molecule has 3 N–H and O–H groups in total. The fourth-order valence-electron chi connectivity index (χ4n) is 2.25. The van der Waals surface area contributed by atoms with E-state index in [1.54, 1.807) is 7.11 Å². The second-order valence-electron chi connectivity index (χ2n) is 6.15. The molecule has 1 unspecified atom stereocenters. The number of halogens is 1. The Morgan fingerprint density at radius 3 is 2.30 bits per heavy atom. The molecular formula is C20H28IN3O3. The standard InChI is InChI=1S/C20H27N3O3.HI/c1-14(2)25-17-10-8-16(9-11-17)23-20(21)22-13-15(3)26-19-7-5-6-18(12-19)24-4;/h5-12,14-15H,13H2,1-4H3,(H3,21,22,23);1H. The van der Waals surface area contributed by atoms with Crippen LogP contribution in [0.3, 0.4) is 0 Å². The third-order valence-corrected chi connectivity index (χ3v) is 3.40. The smallest absolute Gasteiger partial charge is 0.193 e. The van der Waals surface area contributed by atoms with Crippen LogP contribution in [0.4, 0.5) is 5.69 Å². The maximum absolute atomic E-state index is 5.94. The molecule has 2 aromatic carbocycles. The zero-order valence-corrected chi connectivity index (χ0v) is 18.5. The topological polar surface area (TPSA) is 78.1 Å². The number of methoxy groups -OCH3 is 1. The van der Waals surface area contributed by atoms with E-state index in [-0.39, 0.29) is 36.2 Å². The minimum absolute atomic E-state index is 0. The van der Waals surface area contributed by atoms with Gasteiger partial charge in [0.1, 0.15) is 23.4 Å². The summed E-state index contributed by atoms with van der Waals surface area (Å²) in [5.74, 6) is 2.65. The van der Waals surface area contributed by atoms with Gasteiger partial charge in [0.15, 0.2) is 5.96 Å². The van der Waals surface area contributed by atoms with Gasteiger partial charge in [0, 0.05) is 11.8 Å². The van der Waals surface area contributed by atoms with Crippen molar-refractivity contribution in [2.75, 3.05) is 19.0 Å². The van der Waals surface area contributed by atoms with Crippen molar-refractivity contribution in [1.82, 2.24) is 0 Å². The number of aliphatic imine (C=N–C) groups is 1. The molecule has 2 rings (SSSR count). The molecular weight excluding hydrogens is 457 g/mol. The monoisotopic (exact) mass is 485 g/mol. The average Bonchev–Trinajstić information content (AvgIpc) is 2.61. The van der Waals surface area contributed by atoms with Crippen LogP contribution in [-0.2, 0) is 0 Å². The molecule has 1 atom stereocenters. The van der Waals surface area contributed by atoms with Crippen LogP contribution in [-0.4, -0.2) is 31.8 Å². The Balaban J connectivity index is 0.00000364. The number of nitrogens with one attached hydrogen (secondary N) is 1. The number of ether oxygens (including phenoxy) is 3. The summed E-state index contributed by atoms with van der Waals surface area (Å²) in [7, 11) is 1.63. The molecule has 0 aliphatic rings. The van der Waals surface area contributed by atoms with Gasteiger partial charge in [0.2, 0.25) is 0 Å². The lowest BCUT2D eigenvalue weighted by molar-refractivity contribution is 0.229. The maximum atomic E-state index is 5.94. The third kappa shape index (κ3) is 8.38. The lowest BCUT2D eigenvalue weighted by Gasteiger charge is -2.14. The summed E-state index contributed by atoms with van der Waals surface area (Å²) in [5.41, 5.74) is 6.79. The number of nitrogens with two attached hydrogens (primary N) is 1. The molecule has 0 heterocycles. The number of nitrogens with zero attached hydrogens (tertiary/aromatic N) is 1. The van der Waals surface area contributed by atoms with Gasteiger partial charge in [-0.2, -0.15) is 0 Å². The minimum Gasteiger partial charge on any atom is -0.497 e. The first-order chi connectivity index (χ1) is 12.5. The highest BCUT2D eigenvalue weighted by Crippen LogP contribution is 2.20. The van der Waals surface area contributed by atoms with Gasteiger partial charge in [-0.25, -0.2) is 4.99 Å². The molecule has 0 amide bonds. The Bertz CT molecular complexity index is 721. The predicted molar refractivity (Wildman–Crippen MR) is 121 cm³/mol. The van der Waals surface area contributed by atoms with E-state index in [1.165, 1.54) is 0 Å². The van der Waals surface area contributed by atoms with Crippen LogP contribution in [0.15, 0.2) is 53.5 Å². The molecule has 27 heavy (non-hydrogen) atoms. The molecule has 0 bridgehead atoms. The van der Waals surface area contributed by atoms with Gasteiger partial charge < -0.3 is 25.3 Å². The van der Waals surface area contributed by atoms with Gasteiger partial charge >= 0.3 is 0 Å². The minimum atomic E-state index is -0.121. The Morgan fingerprint density at radius 1 is 1.00 bits per heavy atom. The molecule has 2 aromatic rings. The van der Waals surface area contributed by atoms with Gasteiger partial charge in [0.25, 0.3) is 0 Å². The molecule has 0 aliphatic carbocycles. The van der Waals surface area contributed by atoms with Crippen LogP contribution in [0.5, 0.6) is 17.2 Å². The second kappa shape index (κ2) is 11.5. The van der Waals surface area contributed by atoms with Crippen molar-refractivity contribution in [3.63, 3.8) is 0 Å². The number of rotatable bonds is 8. The van der Waals surface area contributed by atoms with E-state index in [1.807, 2.05) is 69.3 Å². The first kappa shape index (κ1) is 22.9. The summed E-state index contributed by atoms with van der Waals surface area (Å²) in [5, 5.41) is 3.06. The molecule has 0 radical (unpaired) electrons. The third-order valence-electron chi connectivity index (χ3n) is 3.40. The molecule has 7 heteroatoms. The Kier molecular flexibility index (Phi) is 9.77. The van der Waals surface area contributed by atoms with E-state index in [9.17, 15) is 0 Å². The number of anilines is 1. The summed E-state index contributed by atoms with van der Waals surface area (Å²) in [6, 6.07) is 15.1. The molecule has 0 aromatic heterocycles. The normalized spacial score (nSPS) is 12.1. The maximum Gasteiger partial charge on any atom is 0.193 e. The van der Waals surface area contributed by atoms with Crippen LogP contribution >= 0.6 is 24.0 Å². The summed E-state index contributed by atoms with van der Waals surface area (Å²) in [6.45, 7) is 6.36. The Morgan fingerprint density at radius 2 is 1.67 bits per heavy atom. The first-order valence-corrected chi connectivity index (χ1v) is 8.60. The highest BCUT2D eigenvalue weighted by Gasteiger charge is 2.05. The van der Waals surface area contributed by atoms with Gasteiger partial charge in [-0.3, -0.25) is 0 Å². The average molecular weight is 485 g/mol. The molecule has 0 spiro atoms. The van der Waals surface area contributed by atoms with E-state index in [0.29, 0.717) is 12.5 Å². The van der Waals surface area contributed by atoms with Crippen molar-refractivity contribution in [2.24, 2.45) is 10.7 Å². The Labute approximate surface area is 178 Å². The highest BCUT2D eigenvalue weighted by molar-refractivity contribution is 14.0. The second-order valence-corrected chi connectivity index (χ2v) is 6.15. The van der Waals surface area contributed by atoms with Gasteiger partial charge in [-0.15, -0.1) is 24.0 Å². The number of hydrogen-bond acceptors (Lipinski definition) is 4. The van der Waals surface area contributed by atoms with Crippen LogP contribution < -0.4 is 25.3 Å². The molecule has 0 saturated carbocycles. The van der Waals surface area contributed by atoms with E-state index in [0.717, 1.165) is 22.9 Å². The van der Waals surface area contributed by atoms with Crippen LogP contribution in [0.25, 0.3) is 0 Å². The van der Waals surface area contributed by atoms with Gasteiger partial charge in [-0.1, -0.05) is 6.07 Å². The number of hydrogen-bond donors (Lipinski definition) is 2. The largest absolute Gasteiger partial charge is 0.497 e. The molecule has 148 valence electrons. The summed E-state index contributed by atoms with van der Waals surface area (Å²) in [4.78, 5) is 4.32. The molecule has 6 nitrogen and oxygen atoms in total. The molecule has 0 fully saturated rings. The number of benzene rings is 2. The summed E-state index contributed by atoms with van der Waals surface area (Å²) in [6.07, 6.45) is 0.0239. The van der Waals surface area contributed by atoms with Crippen molar-refractivity contribution < 1.29 is 14.2 Å². The lowest BCUT2D eigenvalue weighted by atomic mass is 10.3. The first-order valence-electron chi connectivity index (χ1n) is 8.60.